The van der Waals surface area contributed by atoms with Crippen molar-refractivity contribution in [2.75, 3.05) is 25.2 Å². The molecule has 0 aliphatic carbocycles. The first kappa shape index (κ1) is 27.9. The quantitative estimate of drug-likeness (QED) is 0.434. The summed E-state index contributed by atoms with van der Waals surface area (Å²) < 4.78 is 20.8. The van der Waals surface area contributed by atoms with Crippen molar-refractivity contribution in [3.05, 3.63) is 23.8 Å². The van der Waals surface area contributed by atoms with Gasteiger partial charge in [-0.2, -0.15) is 0 Å². The second kappa shape index (κ2) is 11.4. The van der Waals surface area contributed by atoms with Gasteiger partial charge in [-0.15, -0.1) is 0 Å². The molecular formula is C25H36N2O8. The molecule has 0 radical (unpaired) electrons. The Hall–Kier alpha value is -3.30. The lowest BCUT2D eigenvalue weighted by molar-refractivity contribution is -0.157. The summed E-state index contributed by atoms with van der Waals surface area (Å²) in [5, 5.41) is 2.53. The van der Waals surface area contributed by atoms with E-state index in [4.69, 9.17) is 14.2 Å². The van der Waals surface area contributed by atoms with Crippen LogP contribution in [0, 0.1) is 0 Å². The van der Waals surface area contributed by atoms with Crippen molar-refractivity contribution in [1.82, 2.24) is 5.32 Å². The van der Waals surface area contributed by atoms with Gasteiger partial charge in [0.1, 0.15) is 23.0 Å². The lowest BCUT2D eigenvalue weighted by Crippen LogP contribution is -2.46. The summed E-state index contributed by atoms with van der Waals surface area (Å²) in [6.07, 6.45) is -0.173. The average Bonchev–Trinajstić information content (AvgIpc) is 3.17. The Balaban J connectivity index is 2.09. The van der Waals surface area contributed by atoms with Crippen molar-refractivity contribution in [3.63, 3.8) is 0 Å². The summed E-state index contributed by atoms with van der Waals surface area (Å²) in [6.45, 7) is 10.5. The molecule has 0 bridgehead atoms. The van der Waals surface area contributed by atoms with Gasteiger partial charge in [-0.1, -0.05) is 6.07 Å². The second-order valence-corrected chi connectivity index (χ2v) is 10.2. The molecule has 0 fully saturated rings. The maximum atomic E-state index is 13.1. The van der Waals surface area contributed by atoms with Crippen LogP contribution in [0.1, 0.15) is 59.9 Å². The van der Waals surface area contributed by atoms with E-state index < -0.39 is 35.3 Å². The molecule has 2 amide bonds. The largest absolute Gasteiger partial charge is 0.482 e. The van der Waals surface area contributed by atoms with Crippen molar-refractivity contribution in [1.29, 1.82) is 0 Å². The Morgan fingerprint density at radius 2 is 1.69 bits per heavy atom. The maximum absolute atomic E-state index is 13.1. The minimum absolute atomic E-state index is 0.00755. The number of anilines is 1. The third-order valence-electron chi connectivity index (χ3n) is 4.89. The van der Waals surface area contributed by atoms with Crippen molar-refractivity contribution in [2.45, 2.75) is 78.0 Å². The van der Waals surface area contributed by atoms with E-state index in [2.05, 4.69) is 10.1 Å². The number of esters is 2. The molecule has 2 rings (SSSR count). The van der Waals surface area contributed by atoms with Gasteiger partial charge in [-0.05, 0) is 66.5 Å². The fourth-order valence-electron chi connectivity index (χ4n) is 3.47. The van der Waals surface area contributed by atoms with E-state index in [0.717, 1.165) is 5.56 Å². The number of benzene rings is 1. The molecule has 1 aliphatic rings. The van der Waals surface area contributed by atoms with Gasteiger partial charge in [0.2, 0.25) is 5.91 Å². The Labute approximate surface area is 206 Å². The summed E-state index contributed by atoms with van der Waals surface area (Å²) in [5.74, 6) is -0.842. The van der Waals surface area contributed by atoms with Crippen molar-refractivity contribution in [2.24, 2.45) is 0 Å². The van der Waals surface area contributed by atoms with Crippen LogP contribution in [-0.4, -0.2) is 61.4 Å². The first-order valence-electron chi connectivity index (χ1n) is 11.5. The zero-order chi connectivity index (χ0) is 26.4. The van der Waals surface area contributed by atoms with E-state index in [1.807, 2.05) is 0 Å². The molecule has 0 aromatic heterocycles. The highest BCUT2D eigenvalue weighted by Gasteiger charge is 2.32. The summed E-state index contributed by atoms with van der Waals surface area (Å²) in [6, 6.07) is 4.23. The number of hydrogen-bond acceptors (Lipinski definition) is 8. The molecule has 1 aliphatic heterocycles. The van der Waals surface area contributed by atoms with Crippen LogP contribution in [0.25, 0.3) is 0 Å². The molecule has 10 heteroatoms. The molecule has 0 unspecified atom stereocenters. The number of rotatable bonds is 8. The van der Waals surface area contributed by atoms with Crippen LogP contribution in [-0.2, 0) is 35.0 Å². The number of ether oxygens (including phenoxy) is 4. The Morgan fingerprint density at radius 1 is 1.03 bits per heavy atom. The molecule has 1 N–H and O–H groups in total. The summed E-state index contributed by atoms with van der Waals surface area (Å²) >= 11 is 0. The van der Waals surface area contributed by atoms with Crippen LogP contribution in [0.15, 0.2) is 18.2 Å². The van der Waals surface area contributed by atoms with Crippen molar-refractivity contribution in [3.8, 4) is 5.75 Å². The molecule has 35 heavy (non-hydrogen) atoms. The van der Waals surface area contributed by atoms with Crippen LogP contribution in [0.3, 0.4) is 0 Å². The first-order chi connectivity index (χ1) is 16.2. The number of alkyl carbamates (subject to hydrolysis) is 1. The zero-order valence-electron chi connectivity index (χ0n) is 21.6. The fourth-order valence-corrected chi connectivity index (χ4v) is 3.47. The number of hydrogen-bond donors (Lipinski definition) is 1. The predicted molar refractivity (Wildman–Crippen MR) is 128 cm³/mol. The topological polar surface area (TPSA) is 120 Å². The molecule has 0 spiro atoms. The van der Waals surface area contributed by atoms with Gasteiger partial charge in [-0.3, -0.25) is 4.79 Å². The van der Waals surface area contributed by atoms with Crippen LogP contribution < -0.4 is 15.0 Å². The highest BCUT2D eigenvalue weighted by molar-refractivity contribution is 5.96. The van der Waals surface area contributed by atoms with Gasteiger partial charge in [0.05, 0.1) is 12.8 Å². The molecule has 10 nitrogen and oxygen atoms in total. The van der Waals surface area contributed by atoms with E-state index >= 15 is 0 Å². The lowest BCUT2D eigenvalue weighted by atomic mass is 10.1. The molecule has 194 valence electrons. The molecule has 1 aromatic rings. The van der Waals surface area contributed by atoms with Gasteiger partial charge >= 0.3 is 18.0 Å². The lowest BCUT2D eigenvalue weighted by Gasteiger charge is -2.26. The van der Waals surface area contributed by atoms with Gasteiger partial charge < -0.3 is 29.2 Å². The molecule has 1 heterocycles. The molecule has 0 saturated heterocycles. The Morgan fingerprint density at radius 3 is 2.29 bits per heavy atom. The van der Waals surface area contributed by atoms with Gasteiger partial charge in [0.25, 0.3) is 0 Å². The van der Waals surface area contributed by atoms with E-state index in [1.54, 1.807) is 64.6 Å². The smallest absolute Gasteiger partial charge is 0.408 e. The molecule has 0 saturated carbocycles. The standard InChI is InChI=1S/C25H36N2O8/c1-24(2,3)34-22(30)17(26-23(31)35-25(4,5)6)11-12-20(28)27-14-13-16-18(27)9-8-10-19(16)33-15-21(29)32-7/h8-10,17H,11-15H2,1-7H3,(H,26,31)/t17-/m0/s1. The number of nitrogens with one attached hydrogen (secondary N) is 1. The van der Waals surface area contributed by atoms with Crippen molar-refractivity contribution < 1.29 is 38.1 Å². The third-order valence-corrected chi connectivity index (χ3v) is 4.89. The van der Waals surface area contributed by atoms with E-state index in [0.29, 0.717) is 24.4 Å². The molecular weight excluding hydrogens is 456 g/mol. The monoisotopic (exact) mass is 492 g/mol. The average molecular weight is 493 g/mol. The molecule has 1 aromatic carbocycles. The highest BCUT2D eigenvalue weighted by Crippen LogP contribution is 2.35. The minimum Gasteiger partial charge on any atom is -0.482 e. The summed E-state index contributed by atoms with van der Waals surface area (Å²) in [4.78, 5) is 51.1. The summed E-state index contributed by atoms with van der Waals surface area (Å²) in [7, 11) is 1.28. The number of nitrogens with zero attached hydrogens (tertiary/aromatic N) is 1. The summed E-state index contributed by atoms with van der Waals surface area (Å²) in [5.41, 5.74) is 0.000900. The van der Waals surface area contributed by atoms with E-state index in [9.17, 15) is 19.2 Å². The van der Waals surface area contributed by atoms with Gasteiger partial charge in [0.15, 0.2) is 6.61 Å². The number of methoxy groups -OCH3 is 1. The maximum Gasteiger partial charge on any atom is 0.408 e. The molecule has 1 atom stereocenters. The van der Waals surface area contributed by atoms with Gasteiger partial charge in [0, 0.05) is 18.5 Å². The highest BCUT2D eigenvalue weighted by atomic mass is 16.6. The normalized spacial score (nSPS) is 14.0. The Kier molecular flexibility index (Phi) is 9.12. The SMILES string of the molecule is COC(=O)COc1cccc2c1CCN2C(=O)CC[C@H](NC(=O)OC(C)(C)C)C(=O)OC(C)(C)C. The van der Waals surface area contributed by atoms with Crippen LogP contribution in [0.5, 0.6) is 5.75 Å². The predicted octanol–water partition coefficient (Wildman–Crippen LogP) is 3.14. The van der Waals surface area contributed by atoms with Crippen LogP contribution in [0.2, 0.25) is 0 Å². The Bertz CT molecular complexity index is 946. The minimum atomic E-state index is -1.05. The van der Waals surface area contributed by atoms with Crippen LogP contribution in [0.4, 0.5) is 10.5 Å². The first-order valence-corrected chi connectivity index (χ1v) is 11.5. The fraction of sp³-hybridized carbons (Fsp3) is 0.600. The second-order valence-electron chi connectivity index (χ2n) is 10.2. The number of fused-ring (bicyclic) bond motifs is 1. The zero-order valence-corrected chi connectivity index (χ0v) is 21.6. The van der Waals surface area contributed by atoms with Crippen LogP contribution >= 0.6 is 0 Å². The van der Waals surface area contributed by atoms with E-state index in [1.165, 1.54) is 7.11 Å². The van der Waals surface area contributed by atoms with E-state index in [-0.39, 0.29) is 25.4 Å². The number of carbonyl (C=O) groups excluding carboxylic acids is 4. The van der Waals surface area contributed by atoms with Crippen molar-refractivity contribution >= 4 is 29.6 Å². The van der Waals surface area contributed by atoms with Gasteiger partial charge in [-0.25, -0.2) is 14.4 Å². The number of amides is 2. The third kappa shape index (κ3) is 8.77. The number of carbonyl (C=O) groups is 4.